The summed E-state index contributed by atoms with van der Waals surface area (Å²) in [5.41, 5.74) is 1.34. The molecule has 1 aromatic rings. The van der Waals surface area contributed by atoms with Gasteiger partial charge in [0.25, 0.3) is 0 Å². The maximum absolute atomic E-state index is 10.6. The predicted octanol–water partition coefficient (Wildman–Crippen LogP) is 1.66. The Morgan fingerprint density at radius 1 is 1.43 bits per heavy atom. The fourth-order valence-electron chi connectivity index (χ4n) is 2.81. The molecule has 1 aliphatic heterocycles. The number of nitrogens with zero attached hydrogens (tertiary/aromatic N) is 4. The Balaban J connectivity index is 1.77. The first kappa shape index (κ1) is 15.9. The van der Waals surface area contributed by atoms with E-state index in [1.54, 1.807) is 6.20 Å². The van der Waals surface area contributed by atoms with E-state index in [0.717, 1.165) is 37.7 Å². The van der Waals surface area contributed by atoms with Gasteiger partial charge in [0, 0.05) is 19.2 Å². The number of hydrogen-bond acceptors (Lipinski definition) is 4. The van der Waals surface area contributed by atoms with Gasteiger partial charge in [-0.25, -0.2) is 4.68 Å². The molecule has 0 saturated carbocycles. The van der Waals surface area contributed by atoms with Crippen molar-refractivity contribution in [1.82, 2.24) is 19.9 Å². The number of carboxylic acids is 1. The average molecular weight is 294 g/mol. The summed E-state index contributed by atoms with van der Waals surface area (Å²) in [5.74, 6) is -0.161. The Hall–Kier alpha value is -1.43. The SMILES string of the molecule is CC(C)C1(C)CCN(CCc2cn(CC(=O)O)nn2)CC1. The Morgan fingerprint density at radius 3 is 2.67 bits per heavy atom. The van der Waals surface area contributed by atoms with Gasteiger partial charge in [0.05, 0.1) is 5.69 Å². The molecule has 1 saturated heterocycles. The van der Waals surface area contributed by atoms with Crippen LogP contribution >= 0.6 is 0 Å². The van der Waals surface area contributed by atoms with Crippen LogP contribution in [0.5, 0.6) is 0 Å². The van der Waals surface area contributed by atoms with Crippen LogP contribution in [0.15, 0.2) is 6.20 Å². The maximum Gasteiger partial charge on any atom is 0.325 e. The molecule has 1 aliphatic rings. The lowest BCUT2D eigenvalue weighted by atomic mass is 9.72. The van der Waals surface area contributed by atoms with Crippen molar-refractivity contribution in [2.24, 2.45) is 11.3 Å². The topological polar surface area (TPSA) is 71.2 Å². The van der Waals surface area contributed by atoms with Gasteiger partial charge in [-0.3, -0.25) is 4.79 Å². The summed E-state index contributed by atoms with van der Waals surface area (Å²) in [6.45, 7) is 10.2. The van der Waals surface area contributed by atoms with Crippen molar-refractivity contribution >= 4 is 5.97 Å². The number of carbonyl (C=O) groups is 1. The monoisotopic (exact) mass is 294 g/mol. The average Bonchev–Trinajstić information content (AvgIpc) is 2.85. The van der Waals surface area contributed by atoms with E-state index in [-0.39, 0.29) is 6.54 Å². The molecule has 1 N–H and O–H groups in total. The van der Waals surface area contributed by atoms with E-state index in [1.807, 2.05) is 0 Å². The summed E-state index contributed by atoms with van der Waals surface area (Å²) in [5, 5.41) is 16.6. The normalized spacial score (nSPS) is 19.0. The summed E-state index contributed by atoms with van der Waals surface area (Å²) >= 11 is 0. The maximum atomic E-state index is 10.6. The number of carboxylic acid groups (broad SMARTS) is 1. The molecule has 2 rings (SSSR count). The minimum absolute atomic E-state index is 0.122. The zero-order valence-corrected chi connectivity index (χ0v) is 13.2. The Morgan fingerprint density at radius 2 is 2.10 bits per heavy atom. The van der Waals surface area contributed by atoms with E-state index < -0.39 is 5.97 Å². The summed E-state index contributed by atoms with van der Waals surface area (Å²) in [7, 11) is 0. The van der Waals surface area contributed by atoms with Crippen LogP contribution in [-0.2, 0) is 17.8 Å². The first-order chi connectivity index (χ1) is 9.89. The molecule has 0 amide bonds. The quantitative estimate of drug-likeness (QED) is 0.864. The Kier molecular flexibility index (Phi) is 4.98. The van der Waals surface area contributed by atoms with Crippen molar-refractivity contribution in [3.8, 4) is 0 Å². The molecule has 0 atom stereocenters. The van der Waals surface area contributed by atoms with Crippen LogP contribution in [0, 0.1) is 11.3 Å². The molecule has 2 heterocycles. The molecule has 0 aliphatic carbocycles. The molecule has 118 valence electrons. The third kappa shape index (κ3) is 4.27. The predicted molar refractivity (Wildman–Crippen MR) is 80.0 cm³/mol. The first-order valence-corrected chi connectivity index (χ1v) is 7.72. The smallest absolute Gasteiger partial charge is 0.325 e. The van der Waals surface area contributed by atoms with E-state index in [0.29, 0.717) is 5.41 Å². The van der Waals surface area contributed by atoms with Gasteiger partial charge in [-0.1, -0.05) is 26.0 Å². The Bertz CT molecular complexity index is 476. The van der Waals surface area contributed by atoms with Gasteiger partial charge in [-0.05, 0) is 37.3 Å². The van der Waals surface area contributed by atoms with Crippen molar-refractivity contribution in [2.75, 3.05) is 19.6 Å². The number of aromatic nitrogens is 3. The van der Waals surface area contributed by atoms with Gasteiger partial charge in [0.1, 0.15) is 6.54 Å². The standard InChI is InChI=1S/C15H26N4O2/c1-12(2)15(3)5-8-18(9-6-15)7-4-13-10-19(17-16-13)11-14(20)21/h10,12H,4-9,11H2,1-3H3,(H,20,21). The molecular formula is C15H26N4O2. The molecule has 0 aromatic carbocycles. The van der Waals surface area contributed by atoms with Crippen LogP contribution in [0.2, 0.25) is 0 Å². The lowest BCUT2D eigenvalue weighted by Crippen LogP contribution is -2.41. The highest BCUT2D eigenvalue weighted by molar-refractivity contribution is 5.66. The summed E-state index contributed by atoms with van der Waals surface area (Å²) in [6.07, 6.45) is 5.06. The van der Waals surface area contributed by atoms with Gasteiger partial charge in [-0.15, -0.1) is 5.10 Å². The van der Waals surface area contributed by atoms with Crippen LogP contribution in [0.25, 0.3) is 0 Å². The highest BCUT2D eigenvalue weighted by Gasteiger charge is 2.32. The van der Waals surface area contributed by atoms with E-state index in [2.05, 4.69) is 36.0 Å². The number of rotatable bonds is 6. The summed E-state index contributed by atoms with van der Waals surface area (Å²) < 4.78 is 1.38. The highest BCUT2D eigenvalue weighted by Crippen LogP contribution is 2.37. The molecule has 0 unspecified atom stereocenters. The van der Waals surface area contributed by atoms with E-state index >= 15 is 0 Å². The van der Waals surface area contributed by atoms with Gasteiger partial charge in [0.2, 0.25) is 0 Å². The fraction of sp³-hybridized carbons (Fsp3) is 0.800. The van der Waals surface area contributed by atoms with Crippen LogP contribution < -0.4 is 0 Å². The zero-order valence-electron chi connectivity index (χ0n) is 13.2. The highest BCUT2D eigenvalue weighted by atomic mass is 16.4. The van der Waals surface area contributed by atoms with Crippen molar-refractivity contribution in [1.29, 1.82) is 0 Å². The number of hydrogen-bond donors (Lipinski definition) is 1. The van der Waals surface area contributed by atoms with Crippen LogP contribution in [0.1, 0.15) is 39.3 Å². The third-order valence-corrected chi connectivity index (χ3v) is 4.96. The number of piperidine rings is 1. The minimum Gasteiger partial charge on any atom is -0.480 e. The fourth-order valence-corrected chi connectivity index (χ4v) is 2.81. The molecule has 0 radical (unpaired) electrons. The largest absolute Gasteiger partial charge is 0.480 e. The molecule has 1 aromatic heterocycles. The Labute approximate surface area is 126 Å². The summed E-state index contributed by atoms with van der Waals surface area (Å²) in [4.78, 5) is 13.1. The number of aliphatic carboxylic acids is 1. The first-order valence-electron chi connectivity index (χ1n) is 7.72. The molecule has 0 bridgehead atoms. The van der Waals surface area contributed by atoms with Crippen LogP contribution in [0.3, 0.4) is 0 Å². The second-order valence-corrected chi connectivity index (χ2v) is 6.70. The van der Waals surface area contributed by atoms with Crippen LogP contribution in [0.4, 0.5) is 0 Å². The summed E-state index contributed by atoms with van der Waals surface area (Å²) in [6, 6.07) is 0. The van der Waals surface area contributed by atoms with Gasteiger partial charge >= 0.3 is 5.97 Å². The molecule has 6 heteroatoms. The van der Waals surface area contributed by atoms with E-state index in [9.17, 15) is 4.79 Å². The van der Waals surface area contributed by atoms with Crippen molar-refractivity contribution in [2.45, 2.75) is 46.6 Å². The molecule has 21 heavy (non-hydrogen) atoms. The number of likely N-dealkylation sites (tertiary alicyclic amines) is 1. The second-order valence-electron chi connectivity index (χ2n) is 6.70. The van der Waals surface area contributed by atoms with E-state index in [4.69, 9.17) is 5.11 Å². The van der Waals surface area contributed by atoms with Crippen molar-refractivity contribution in [3.63, 3.8) is 0 Å². The van der Waals surface area contributed by atoms with Gasteiger partial charge < -0.3 is 10.0 Å². The van der Waals surface area contributed by atoms with Crippen molar-refractivity contribution < 1.29 is 9.90 Å². The lowest BCUT2D eigenvalue weighted by molar-refractivity contribution is -0.137. The molecular weight excluding hydrogens is 268 g/mol. The van der Waals surface area contributed by atoms with Crippen molar-refractivity contribution in [3.05, 3.63) is 11.9 Å². The lowest BCUT2D eigenvalue weighted by Gasteiger charge is -2.42. The molecule has 0 spiro atoms. The third-order valence-electron chi connectivity index (χ3n) is 4.96. The molecule has 1 fully saturated rings. The minimum atomic E-state index is -0.893. The van der Waals surface area contributed by atoms with E-state index in [1.165, 1.54) is 17.5 Å². The van der Waals surface area contributed by atoms with Gasteiger partial charge in [0.15, 0.2) is 0 Å². The van der Waals surface area contributed by atoms with Gasteiger partial charge in [-0.2, -0.15) is 0 Å². The molecule has 6 nitrogen and oxygen atoms in total. The second kappa shape index (κ2) is 6.56. The van der Waals surface area contributed by atoms with Crippen LogP contribution in [-0.4, -0.2) is 50.6 Å². The zero-order chi connectivity index (χ0) is 15.5.